The highest BCUT2D eigenvalue weighted by Crippen LogP contribution is 2.29. The second-order valence-electron chi connectivity index (χ2n) is 6.31. The Morgan fingerprint density at radius 2 is 2.17 bits per heavy atom. The van der Waals surface area contributed by atoms with Crippen LogP contribution in [-0.4, -0.2) is 51.1 Å². The molecule has 5 N–H and O–H groups in total. The third-order valence-corrected chi connectivity index (χ3v) is 4.11. The van der Waals surface area contributed by atoms with Crippen LogP contribution >= 0.6 is 0 Å². The number of ether oxygens (including phenoxy) is 2. The Morgan fingerprint density at radius 1 is 1.41 bits per heavy atom. The molecule has 2 heterocycles. The molecule has 0 bridgehead atoms. The lowest BCUT2D eigenvalue weighted by Crippen LogP contribution is -2.14. The number of nitrogens with one attached hydrogen (secondary N) is 3. The maximum atomic E-state index is 14.9. The first kappa shape index (κ1) is 20.1. The second-order valence-corrected chi connectivity index (χ2v) is 6.31. The Morgan fingerprint density at radius 3 is 2.83 bits per heavy atom. The van der Waals surface area contributed by atoms with Crippen molar-refractivity contribution >= 4 is 29.1 Å². The number of aliphatic imine (C=N–C) groups is 1. The number of carboxylic acid groups (broad SMARTS) is 1. The summed E-state index contributed by atoms with van der Waals surface area (Å²) in [6, 6.07) is 4.00. The molecule has 2 aromatic heterocycles. The number of benzene rings is 1. The van der Waals surface area contributed by atoms with Gasteiger partial charge >= 0.3 is 5.97 Å². The molecule has 3 aromatic rings. The summed E-state index contributed by atoms with van der Waals surface area (Å²) in [4.78, 5) is 20.4. The van der Waals surface area contributed by atoms with Crippen molar-refractivity contribution in [2.75, 3.05) is 6.61 Å². The topological polar surface area (TPSA) is 144 Å². The number of carbonyl (C=O) groups is 1. The third-order valence-electron chi connectivity index (χ3n) is 4.11. The Bertz CT molecular complexity index is 1100. The van der Waals surface area contributed by atoms with Crippen LogP contribution in [0.1, 0.15) is 28.7 Å². The Labute approximate surface area is 164 Å². The molecule has 9 nitrogen and oxygen atoms in total. The zero-order chi connectivity index (χ0) is 21.1. The number of nitrogens with zero attached hydrogens (tertiary/aromatic N) is 1. The van der Waals surface area contributed by atoms with Gasteiger partial charge in [-0.1, -0.05) is 0 Å². The molecule has 10 heteroatoms. The maximum Gasteiger partial charge on any atom is 0.352 e. The van der Waals surface area contributed by atoms with Crippen molar-refractivity contribution in [2.45, 2.75) is 20.0 Å². The number of fused-ring (bicyclic) bond motifs is 1. The summed E-state index contributed by atoms with van der Waals surface area (Å²) in [5, 5.41) is 25.7. The highest BCUT2D eigenvalue weighted by Gasteiger charge is 2.20. The van der Waals surface area contributed by atoms with Crippen molar-refractivity contribution in [3.8, 4) is 11.5 Å². The van der Waals surface area contributed by atoms with E-state index in [1.54, 1.807) is 20.0 Å². The quantitative estimate of drug-likeness (QED) is 0.305. The van der Waals surface area contributed by atoms with Crippen LogP contribution in [0.15, 0.2) is 29.4 Å². The van der Waals surface area contributed by atoms with E-state index in [0.29, 0.717) is 22.5 Å². The van der Waals surface area contributed by atoms with E-state index in [9.17, 15) is 14.3 Å². The third kappa shape index (κ3) is 4.11. The van der Waals surface area contributed by atoms with Crippen LogP contribution < -0.4 is 9.47 Å². The summed E-state index contributed by atoms with van der Waals surface area (Å²) in [5.41, 5.74) is 1.13. The fraction of sp³-hybridized carbons (Fsp3) is 0.211. The van der Waals surface area contributed by atoms with Gasteiger partial charge in [0.15, 0.2) is 11.6 Å². The largest absolute Gasteiger partial charge is 0.489 e. The van der Waals surface area contributed by atoms with E-state index in [2.05, 4.69) is 15.0 Å². The minimum absolute atomic E-state index is 0.0540. The van der Waals surface area contributed by atoms with E-state index in [4.69, 9.17) is 20.0 Å². The van der Waals surface area contributed by atoms with Crippen molar-refractivity contribution in [1.29, 1.82) is 5.41 Å². The van der Waals surface area contributed by atoms with Gasteiger partial charge < -0.3 is 29.7 Å². The van der Waals surface area contributed by atoms with Crippen LogP contribution in [-0.2, 0) is 0 Å². The molecule has 0 unspecified atom stereocenters. The number of aromatic amines is 2. The lowest BCUT2D eigenvalue weighted by atomic mass is 10.2. The maximum absolute atomic E-state index is 14.9. The zero-order valence-electron chi connectivity index (χ0n) is 15.6. The summed E-state index contributed by atoms with van der Waals surface area (Å²) in [6.45, 7) is 3.39. The van der Waals surface area contributed by atoms with E-state index < -0.39 is 17.9 Å². The van der Waals surface area contributed by atoms with E-state index in [-0.39, 0.29) is 29.3 Å². The summed E-state index contributed by atoms with van der Waals surface area (Å²) in [7, 11) is 0. The van der Waals surface area contributed by atoms with Crippen molar-refractivity contribution < 1.29 is 28.9 Å². The molecule has 0 saturated carbocycles. The molecular formula is C19H19FN4O5. The number of rotatable bonds is 7. The first-order valence-electron chi connectivity index (χ1n) is 8.60. The monoisotopic (exact) mass is 402 g/mol. The second kappa shape index (κ2) is 8.15. The minimum atomic E-state index is -1.21. The molecular weight excluding hydrogens is 383 g/mol. The van der Waals surface area contributed by atoms with E-state index in [0.717, 1.165) is 6.34 Å². The average Bonchev–Trinajstić information content (AvgIpc) is 3.26. The number of aliphatic hydroxyl groups excluding tert-OH is 1. The number of hydrogen-bond acceptors (Lipinski definition) is 5. The van der Waals surface area contributed by atoms with Crippen molar-refractivity contribution in [3.63, 3.8) is 0 Å². The predicted octanol–water partition coefficient (Wildman–Crippen LogP) is 2.83. The Kier molecular flexibility index (Phi) is 5.64. The number of aliphatic hydroxyl groups is 1. The van der Waals surface area contributed by atoms with Crippen molar-refractivity contribution in [2.24, 2.45) is 4.99 Å². The summed E-state index contributed by atoms with van der Waals surface area (Å²) >= 11 is 0. The predicted molar refractivity (Wildman–Crippen MR) is 104 cm³/mol. The van der Waals surface area contributed by atoms with Crippen LogP contribution in [0.2, 0.25) is 0 Å². The molecule has 0 fully saturated rings. The van der Waals surface area contributed by atoms with Crippen LogP contribution in [0.25, 0.3) is 10.9 Å². The molecule has 1 aromatic carbocycles. The van der Waals surface area contributed by atoms with Crippen LogP contribution in [0.3, 0.4) is 0 Å². The van der Waals surface area contributed by atoms with Gasteiger partial charge in [-0.3, -0.25) is 5.41 Å². The Hall–Kier alpha value is -3.66. The van der Waals surface area contributed by atoms with E-state index >= 15 is 0 Å². The number of aromatic carboxylic acids is 1. The number of H-pyrrole nitrogens is 2. The fourth-order valence-corrected chi connectivity index (χ4v) is 2.71. The molecule has 29 heavy (non-hydrogen) atoms. The zero-order valence-corrected chi connectivity index (χ0v) is 15.6. The first-order chi connectivity index (χ1) is 13.8. The van der Waals surface area contributed by atoms with Crippen LogP contribution in [0, 0.1) is 18.2 Å². The highest BCUT2D eigenvalue weighted by molar-refractivity contribution is 6.00. The van der Waals surface area contributed by atoms with Crippen molar-refractivity contribution in [3.05, 3.63) is 47.2 Å². The van der Waals surface area contributed by atoms with Crippen LogP contribution in [0.4, 0.5) is 4.39 Å². The summed E-state index contributed by atoms with van der Waals surface area (Å²) in [6.07, 6.45) is 1.64. The first-order valence-corrected chi connectivity index (χ1v) is 8.60. The molecule has 0 aliphatic rings. The lowest BCUT2D eigenvalue weighted by Gasteiger charge is -2.10. The summed E-state index contributed by atoms with van der Waals surface area (Å²) in [5.74, 6) is -1.78. The van der Waals surface area contributed by atoms with Crippen LogP contribution in [0.5, 0.6) is 11.5 Å². The van der Waals surface area contributed by atoms with Gasteiger partial charge in [0.25, 0.3) is 0 Å². The number of halogens is 1. The van der Waals surface area contributed by atoms with Crippen molar-refractivity contribution in [1.82, 2.24) is 9.97 Å². The van der Waals surface area contributed by atoms with Gasteiger partial charge in [0.05, 0.1) is 6.10 Å². The van der Waals surface area contributed by atoms with E-state index in [1.165, 1.54) is 18.2 Å². The molecule has 1 atom stereocenters. The fourth-order valence-electron chi connectivity index (χ4n) is 2.71. The molecule has 0 saturated heterocycles. The molecule has 0 aliphatic carbocycles. The molecule has 0 radical (unpaired) electrons. The smallest absolute Gasteiger partial charge is 0.352 e. The average molecular weight is 402 g/mol. The Balaban J connectivity index is 1.94. The van der Waals surface area contributed by atoms with Gasteiger partial charge in [-0.25, -0.2) is 14.2 Å². The number of carboxylic acids is 1. The van der Waals surface area contributed by atoms with Gasteiger partial charge in [-0.05, 0) is 32.0 Å². The molecule has 0 amide bonds. The molecule has 0 aliphatic heterocycles. The highest BCUT2D eigenvalue weighted by atomic mass is 19.1. The minimum Gasteiger partial charge on any atom is -0.489 e. The number of aromatic nitrogens is 2. The van der Waals surface area contributed by atoms with Gasteiger partial charge in [0, 0.05) is 22.7 Å². The lowest BCUT2D eigenvalue weighted by molar-refractivity contribution is 0.0691. The van der Waals surface area contributed by atoms with Gasteiger partial charge in [-0.15, -0.1) is 0 Å². The molecule has 0 spiro atoms. The van der Waals surface area contributed by atoms with Gasteiger partial charge in [-0.2, -0.15) is 0 Å². The standard InChI is InChI=1S/C19H19FN4O5/c1-9(25)7-28-15-6-22-17(10(15)2)18(23-8-21)29-14-4-3-12-11(16(14)20)5-13(24-12)19(26)27/h3-6,8-9,21-22,24-25H,7H2,1-2H3,(H,26,27)/t9-/m0/s1. The van der Waals surface area contributed by atoms with Gasteiger partial charge in [0.1, 0.15) is 30.1 Å². The van der Waals surface area contributed by atoms with E-state index in [1.807, 2.05) is 0 Å². The number of hydrogen-bond donors (Lipinski definition) is 5. The molecule has 3 rings (SSSR count). The molecule has 152 valence electrons. The summed E-state index contributed by atoms with van der Waals surface area (Å²) < 4.78 is 25.9. The van der Waals surface area contributed by atoms with Gasteiger partial charge in [0.2, 0.25) is 5.90 Å². The normalized spacial score (nSPS) is 12.8. The SMILES string of the molecule is Cc1c(OC[C@H](C)O)c[nH]c1C(=NC=N)Oc1ccc2[nH]c(C(=O)O)cc2c1F.